The summed E-state index contributed by atoms with van der Waals surface area (Å²) < 4.78 is 0. The smallest absolute Gasteiger partial charge is 0.354 e. The average Bonchev–Trinajstić information content (AvgIpc) is 2.48. The second-order valence-corrected chi connectivity index (χ2v) is 5.71. The molecule has 21 heavy (non-hydrogen) atoms. The highest BCUT2D eigenvalue weighted by Gasteiger charge is 2.15. The van der Waals surface area contributed by atoms with Gasteiger partial charge in [0.1, 0.15) is 5.69 Å². The second kappa shape index (κ2) is 6.90. The molecule has 0 spiro atoms. The molecule has 5 nitrogen and oxygen atoms in total. The van der Waals surface area contributed by atoms with E-state index in [0.29, 0.717) is 4.90 Å². The van der Waals surface area contributed by atoms with Crippen molar-refractivity contribution < 1.29 is 14.7 Å². The third kappa shape index (κ3) is 4.32. The summed E-state index contributed by atoms with van der Waals surface area (Å²) in [4.78, 5) is 27.4. The van der Waals surface area contributed by atoms with E-state index in [0.717, 1.165) is 5.69 Å². The molecule has 1 heterocycles. The maximum atomic E-state index is 12.1. The summed E-state index contributed by atoms with van der Waals surface area (Å²) in [5.74, 6) is -1.22. The van der Waals surface area contributed by atoms with E-state index in [2.05, 4.69) is 10.3 Å². The van der Waals surface area contributed by atoms with Gasteiger partial charge < -0.3 is 10.4 Å². The first kappa shape index (κ1) is 15.1. The number of anilines is 1. The minimum absolute atomic E-state index is 0.0318. The number of carboxylic acid groups (broad SMARTS) is 1. The summed E-state index contributed by atoms with van der Waals surface area (Å²) in [5.41, 5.74) is 0.701. The van der Waals surface area contributed by atoms with Gasteiger partial charge in [0, 0.05) is 16.8 Å². The first-order valence-corrected chi connectivity index (χ1v) is 7.16. The fourth-order valence-electron chi connectivity index (χ4n) is 1.62. The number of nitrogens with one attached hydrogen (secondary N) is 1. The van der Waals surface area contributed by atoms with Crippen LogP contribution in [-0.4, -0.2) is 27.2 Å². The van der Waals surface area contributed by atoms with Gasteiger partial charge in [0.15, 0.2) is 0 Å². The van der Waals surface area contributed by atoms with Crippen LogP contribution < -0.4 is 5.32 Å². The summed E-state index contributed by atoms with van der Waals surface area (Å²) in [6.07, 6.45) is 1.42. The molecule has 0 aliphatic carbocycles. The number of rotatable bonds is 5. The maximum Gasteiger partial charge on any atom is 0.354 e. The summed E-state index contributed by atoms with van der Waals surface area (Å²) in [7, 11) is 0. The van der Waals surface area contributed by atoms with Crippen LogP contribution in [0.5, 0.6) is 0 Å². The predicted octanol–water partition coefficient (Wildman–Crippen LogP) is 2.90. The zero-order valence-electron chi connectivity index (χ0n) is 11.3. The molecule has 108 valence electrons. The van der Waals surface area contributed by atoms with Gasteiger partial charge in [0.25, 0.3) is 0 Å². The topological polar surface area (TPSA) is 79.3 Å². The highest BCUT2D eigenvalue weighted by molar-refractivity contribution is 8.00. The van der Waals surface area contributed by atoms with Crippen LogP contribution in [0.25, 0.3) is 0 Å². The molecule has 1 aromatic heterocycles. The molecular weight excluding hydrogens is 288 g/mol. The largest absolute Gasteiger partial charge is 0.477 e. The number of pyridine rings is 1. The lowest BCUT2D eigenvalue weighted by molar-refractivity contribution is -0.115. The molecule has 6 heteroatoms. The van der Waals surface area contributed by atoms with Crippen LogP contribution >= 0.6 is 11.8 Å². The molecule has 2 aromatic rings. The number of hydrogen-bond acceptors (Lipinski definition) is 4. The van der Waals surface area contributed by atoms with Crippen LogP contribution in [-0.2, 0) is 4.79 Å². The van der Waals surface area contributed by atoms with Gasteiger partial charge in [0.05, 0.1) is 5.25 Å². The van der Waals surface area contributed by atoms with Crippen LogP contribution in [0.2, 0.25) is 0 Å². The number of nitrogens with zero attached hydrogens (tertiary/aromatic N) is 1. The van der Waals surface area contributed by atoms with Gasteiger partial charge in [-0.1, -0.05) is 18.2 Å². The standard InChI is InChI=1S/C15H14N2O3S/c1-10(14(18)17-11-5-3-2-4-6-11)21-12-7-8-16-13(9-12)15(19)20/h2-10H,1H3,(H,17,18)(H,19,20). The summed E-state index contributed by atoms with van der Waals surface area (Å²) in [6.45, 7) is 1.77. The average molecular weight is 302 g/mol. The van der Waals surface area contributed by atoms with Gasteiger partial charge in [0.2, 0.25) is 5.91 Å². The lowest BCUT2D eigenvalue weighted by Crippen LogP contribution is -2.22. The molecule has 0 aliphatic heterocycles. The van der Waals surface area contributed by atoms with Gasteiger partial charge in [-0.2, -0.15) is 0 Å². The Hall–Kier alpha value is -2.34. The molecule has 0 fully saturated rings. The molecule has 0 saturated heterocycles. The Labute approximate surface area is 126 Å². The molecule has 0 bridgehead atoms. The van der Waals surface area contributed by atoms with Crippen molar-refractivity contribution in [3.05, 3.63) is 54.4 Å². The molecule has 1 aromatic carbocycles. The number of para-hydroxylation sites is 1. The first-order chi connectivity index (χ1) is 10.1. The van der Waals surface area contributed by atoms with E-state index in [1.54, 1.807) is 13.0 Å². The Morgan fingerprint density at radius 2 is 1.95 bits per heavy atom. The Morgan fingerprint density at radius 1 is 1.24 bits per heavy atom. The molecule has 1 atom stereocenters. The number of hydrogen-bond donors (Lipinski definition) is 2. The van der Waals surface area contributed by atoms with Crippen LogP contribution in [0.4, 0.5) is 5.69 Å². The Morgan fingerprint density at radius 3 is 2.62 bits per heavy atom. The van der Waals surface area contributed by atoms with Gasteiger partial charge in [-0.3, -0.25) is 4.79 Å². The summed E-state index contributed by atoms with van der Waals surface area (Å²) in [6, 6.07) is 12.3. The van der Waals surface area contributed by atoms with E-state index < -0.39 is 5.97 Å². The van der Waals surface area contributed by atoms with E-state index in [1.165, 1.54) is 24.0 Å². The van der Waals surface area contributed by atoms with Crippen LogP contribution in [0.3, 0.4) is 0 Å². The zero-order valence-corrected chi connectivity index (χ0v) is 12.1. The highest BCUT2D eigenvalue weighted by atomic mass is 32.2. The van der Waals surface area contributed by atoms with E-state index in [1.807, 2.05) is 30.3 Å². The van der Waals surface area contributed by atoms with Crippen molar-refractivity contribution in [2.45, 2.75) is 17.1 Å². The monoisotopic (exact) mass is 302 g/mol. The molecule has 0 saturated carbocycles. The number of benzene rings is 1. The van der Waals surface area contributed by atoms with Crippen molar-refractivity contribution in [3.8, 4) is 0 Å². The fraction of sp³-hybridized carbons (Fsp3) is 0.133. The van der Waals surface area contributed by atoms with Gasteiger partial charge in [-0.15, -0.1) is 11.8 Å². The predicted molar refractivity (Wildman–Crippen MR) is 81.6 cm³/mol. The van der Waals surface area contributed by atoms with E-state index in [-0.39, 0.29) is 16.9 Å². The first-order valence-electron chi connectivity index (χ1n) is 6.28. The summed E-state index contributed by atoms with van der Waals surface area (Å²) in [5, 5.41) is 11.4. The van der Waals surface area contributed by atoms with Gasteiger partial charge in [-0.25, -0.2) is 9.78 Å². The third-order valence-electron chi connectivity index (χ3n) is 2.67. The lowest BCUT2D eigenvalue weighted by atomic mass is 10.3. The number of aromatic nitrogens is 1. The Balaban J connectivity index is 2.00. The number of carbonyl (C=O) groups excluding carboxylic acids is 1. The Kier molecular flexibility index (Phi) is 4.94. The highest BCUT2D eigenvalue weighted by Crippen LogP contribution is 2.24. The van der Waals surface area contributed by atoms with E-state index >= 15 is 0 Å². The molecule has 2 rings (SSSR count). The lowest BCUT2D eigenvalue weighted by Gasteiger charge is -2.12. The number of carboxylic acids is 1. The Bertz CT molecular complexity index is 646. The summed E-state index contributed by atoms with van der Waals surface area (Å²) >= 11 is 1.29. The second-order valence-electron chi connectivity index (χ2n) is 4.30. The van der Waals surface area contributed by atoms with Crippen molar-refractivity contribution in [2.75, 3.05) is 5.32 Å². The maximum absolute atomic E-state index is 12.1. The molecule has 2 N–H and O–H groups in total. The molecule has 0 radical (unpaired) electrons. The fourth-order valence-corrected chi connectivity index (χ4v) is 2.52. The molecule has 1 amide bonds. The van der Waals surface area contributed by atoms with Crippen molar-refractivity contribution in [3.63, 3.8) is 0 Å². The van der Waals surface area contributed by atoms with Crippen molar-refractivity contribution in [1.82, 2.24) is 4.98 Å². The van der Waals surface area contributed by atoms with E-state index in [9.17, 15) is 9.59 Å². The van der Waals surface area contributed by atoms with Crippen LogP contribution in [0.1, 0.15) is 17.4 Å². The molecule has 1 unspecified atom stereocenters. The quantitative estimate of drug-likeness (QED) is 0.830. The van der Waals surface area contributed by atoms with Crippen LogP contribution in [0.15, 0.2) is 53.6 Å². The minimum Gasteiger partial charge on any atom is -0.477 e. The van der Waals surface area contributed by atoms with Crippen LogP contribution in [0, 0.1) is 0 Å². The SMILES string of the molecule is CC(Sc1ccnc(C(=O)O)c1)C(=O)Nc1ccccc1. The van der Waals surface area contributed by atoms with Crippen molar-refractivity contribution in [1.29, 1.82) is 0 Å². The van der Waals surface area contributed by atoms with Gasteiger partial charge in [-0.05, 0) is 31.2 Å². The van der Waals surface area contributed by atoms with Crippen molar-refractivity contribution >= 4 is 29.3 Å². The molecule has 0 aliphatic rings. The van der Waals surface area contributed by atoms with E-state index in [4.69, 9.17) is 5.11 Å². The van der Waals surface area contributed by atoms with Crippen molar-refractivity contribution in [2.24, 2.45) is 0 Å². The minimum atomic E-state index is -1.08. The number of thioether (sulfide) groups is 1. The molecular formula is C15H14N2O3S. The number of aromatic carboxylic acids is 1. The number of amides is 1. The number of carbonyl (C=O) groups is 2. The normalized spacial score (nSPS) is 11.7. The van der Waals surface area contributed by atoms with Gasteiger partial charge >= 0.3 is 5.97 Å². The third-order valence-corrected chi connectivity index (χ3v) is 3.77. The zero-order chi connectivity index (χ0) is 15.2.